The average Bonchev–Trinajstić information content (AvgIpc) is 2.47. The molecule has 3 aliphatic carbocycles. The summed E-state index contributed by atoms with van der Waals surface area (Å²) in [6.07, 6.45) is 9.08. The van der Waals surface area contributed by atoms with Crippen LogP contribution < -0.4 is 4.74 Å². The molecule has 19 heavy (non-hydrogen) atoms. The first kappa shape index (κ1) is 13.5. The molecular weight excluding hydrogens is 300 g/mol. The number of benzene rings is 1. The molecule has 4 rings (SSSR count). The van der Waals surface area contributed by atoms with Gasteiger partial charge in [0.25, 0.3) is 0 Å². The maximum absolute atomic E-state index is 5.46. The van der Waals surface area contributed by atoms with Crippen molar-refractivity contribution < 1.29 is 4.74 Å². The number of hydrogen-bond donors (Lipinski definition) is 0. The van der Waals surface area contributed by atoms with Crippen LogP contribution in [0.25, 0.3) is 0 Å². The van der Waals surface area contributed by atoms with Crippen molar-refractivity contribution in [3.05, 3.63) is 29.3 Å². The molecule has 3 saturated carbocycles. The second-order valence-electron chi connectivity index (χ2n) is 6.31. The van der Waals surface area contributed by atoms with E-state index in [-0.39, 0.29) is 0 Å². The highest BCUT2D eigenvalue weighted by Crippen LogP contribution is 2.57. The highest BCUT2D eigenvalue weighted by molar-refractivity contribution is 9.10. The molecule has 3 aliphatic rings. The van der Waals surface area contributed by atoms with E-state index in [1.807, 2.05) is 0 Å². The van der Waals surface area contributed by atoms with E-state index >= 15 is 0 Å². The Hall–Kier alpha value is -0.500. The minimum Gasteiger partial charge on any atom is -0.496 e. The maximum Gasteiger partial charge on any atom is 0.122 e. The van der Waals surface area contributed by atoms with Gasteiger partial charge in [-0.25, -0.2) is 0 Å². The summed E-state index contributed by atoms with van der Waals surface area (Å²) in [5.41, 5.74) is 3.36. The summed E-state index contributed by atoms with van der Waals surface area (Å²) in [4.78, 5) is 0. The minimum absolute atomic E-state index is 0.450. The molecule has 104 valence electrons. The van der Waals surface area contributed by atoms with Crippen LogP contribution in [-0.2, 0) is 11.8 Å². The van der Waals surface area contributed by atoms with Crippen LogP contribution >= 0.6 is 15.9 Å². The Bertz CT molecular complexity index is 456. The predicted molar refractivity (Wildman–Crippen MR) is 83.4 cm³/mol. The molecule has 0 heterocycles. The Labute approximate surface area is 124 Å². The average molecular weight is 323 g/mol. The third-order valence-electron chi connectivity index (χ3n) is 5.43. The number of hydrogen-bond acceptors (Lipinski definition) is 1. The van der Waals surface area contributed by atoms with E-state index in [2.05, 4.69) is 41.1 Å². The van der Waals surface area contributed by atoms with Crippen LogP contribution in [0.3, 0.4) is 0 Å². The van der Waals surface area contributed by atoms with Crippen molar-refractivity contribution in [1.29, 1.82) is 0 Å². The fourth-order valence-electron chi connectivity index (χ4n) is 3.96. The number of alkyl halides is 1. The second kappa shape index (κ2) is 4.80. The molecule has 1 aromatic rings. The lowest BCUT2D eigenvalue weighted by atomic mass is 9.58. The molecular formula is C17H23BrO. The number of aryl methyl sites for hydroxylation is 1. The third-order valence-corrected chi connectivity index (χ3v) is 6.62. The van der Waals surface area contributed by atoms with E-state index in [1.165, 1.54) is 44.1 Å². The standard InChI is InChI=1S/C17H23BrO/c1-3-13-12-14(4-5-15(13)19-2)16-6-9-17(18,10-7-16)11-8-16/h4-5,12H,3,6-11H2,1-2H3. The van der Waals surface area contributed by atoms with E-state index in [9.17, 15) is 0 Å². The summed E-state index contributed by atoms with van der Waals surface area (Å²) in [7, 11) is 1.77. The SMILES string of the molecule is CCc1cc(C23CCC(Br)(CC2)CC3)ccc1OC. The molecule has 2 heteroatoms. The monoisotopic (exact) mass is 322 g/mol. The van der Waals surface area contributed by atoms with Crippen LogP contribution in [0.2, 0.25) is 0 Å². The van der Waals surface area contributed by atoms with Gasteiger partial charge in [-0.15, -0.1) is 0 Å². The van der Waals surface area contributed by atoms with Gasteiger partial charge in [0.2, 0.25) is 0 Å². The summed E-state index contributed by atoms with van der Waals surface area (Å²) in [6, 6.07) is 6.89. The Kier molecular flexibility index (Phi) is 3.41. The lowest BCUT2D eigenvalue weighted by Gasteiger charge is -2.51. The van der Waals surface area contributed by atoms with Gasteiger partial charge < -0.3 is 4.74 Å². The largest absolute Gasteiger partial charge is 0.496 e. The summed E-state index contributed by atoms with van der Waals surface area (Å²) < 4.78 is 5.93. The number of ether oxygens (including phenoxy) is 1. The van der Waals surface area contributed by atoms with Crippen molar-refractivity contribution >= 4 is 15.9 Å². The van der Waals surface area contributed by atoms with Crippen LogP contribution in [0, 0.1) is 0 Å². The van der Waals surface area contributed by atoms with Gasteiger partial charge in [-0.2, -0.15) is 0 Å². The van der Waals surface area contributed by atoms with Crippen LogP contribution in [-0.4, -0.2) is 11.4 Å². The van der Waals surface area contributed by atoms with Gasteiger partial charge >= 0.3 is 0 Å². The fraction of sp³-hybridized carbons (Fsp3) is 0.647. The quantitative estimate of drug-likeness (QED) is 0.712. The number of fused-ring (bicyclic) bond motifs is 3. The molecule has 1 nitrogen and oxygen atoms in total. The smallest absolute Gasteiger partial charge is 0.122 e. The first-order chi connectivity index (χ1) is 9.11. The van der Waals surface area contributed by atoms with Gasteiger partial charge in [-0.05, 0) is 67.6 Å². The van der Waals surface area contributed by atoms with Crippen molar-refractivity contribution in [2.24, 2.45) is 0 Å². The van der Waals surface area contributed by atoms with Crippen LogP contribution in [0.15, 0.2) is 18.2 Å². The molecule has 0 aromatic heterocycles. The first-order valence-corrected chi connectivity index (χ1v) is 8.26. The Morgan fingerprint density at radius 1 is 1.11 bits per heavy atom. The van der Waals surface area contributed by atoms with E-state index in [1.54, 1.807) is 12.7 Å². The molecule has 0 unspecified atom stereocenters. The van der Waals surface area contributed by atoms with Crippen molar-refractivity contribution in [3.63, 3.8) is 0 Å². The molecule has 3 fully saturated rings. The summed E-state index contributed by atoms with van der Waals surface area (Å²) >= 11 is 3.96. The zero-order chi connectivity index (χ0) is 13.5. The number of rotatable bonds is 3. The molecule has 0 amide bonds. The molecule has 0 saturated heterocycles. The maximum atomic E-state index is 5.46. The zero-order valence-corrected chi connectivity index (χ0v) is 13.6. The van der Waals surface area contributed by atoms with Crippen LogP contribution in [0.5, 0.6) is 5.75 Å². The van der Waals surface area contributed by atoms with Crippen molar-refractivity contribution in [2.75, 3.05) is 7.11 Å². The first-order valence-electron chi connectivity index (χ1n) is 7.47. The second-order valence-corrected chi connectivity index (χ2v) is 7.99. The van der Waals surface area contributed by atoms with Gasteiger partial charge in [0.05, 0.1) is 7.11 Å². The molecule has 2 bridgehead atoms. The molecule has 0 N–H and O–H groups in total. The summed E-state index contributed by atoms with van der Waals surface area (Å²) in [5, 5.41) is 0. The molecule has 0 aliphatic heterocycles. The predicted octanol–water partition coefficient (Wildman–Crippen LogP) is 5.00. The van der Waals surface area contributed by atoms with E-state index in [0.29, 0.717) is 9.74 Å². The van der Waals surface area contributed by atoms with E-state index in [0.717, 1.165) is 12.2 Å². The number of halogens is 1. The normalized spacial score (nSPS) is 33.4. The van der Waals surface area contributed by atoms with Crippen molar-refractivity contribution in [1.82, 2.24) is 0 Å². The van der Waals surface area contributed by atoms with Gasteiger partial charge in [0.1, 0.15) is 5.75 Å². The van der Waals surface area contributed by atoms with Crippen molar-refractivity contribution in [2.45, 2.75) is 61.6 Å². The van der Waals surface area contributed by atoms with E-state index < -0.39 is 0 Å². The van der Waals surface area contributed by atoms with Crippen molar-refractivity contribution in [3.8, 4) is 5.75 Å². The van der Waals surface area contributed by atoms with Crippen LogP contribution in [0.1, 0.15) is 56.6 Å². The molecule has 0 atom stereocenters. The van der Waals surface area contributed by atoms with Crippen LogP contribution in [0.4, 0.5) is 0 Å². The summed E-state index contributed by atoms with van der Waals surface area (Å²) in [5.74, 6) is 1.05. The number of methoxy groups -OCH3 is 1. The lowest BCUT2D eigenvalue weighted by Crippen LogP contribution is -2.44. The lowest BCUT2D eigenvalue weighted by molar-refractivity contribution is 0.162. The molecule has 1 aromatic carbocycles. The zero-order valence-electron chi connectivity index (χ0n) is 12.0. The molecule has 0 radical (unpaired) electrons. The van der Waals surface area contributed by atoms with E-state index in [4.69, 9.17) is 4.74 Å². The summed E-state index contributed by atoms with van der Waals surface area (Å²) in [6.45, 7) is 2.21. The topological polar surface area (TPSA) is 9.23 Å². The highest BCUT2D eigenvalue weighted by Gasteiger charge is 2.48. The van der Waals surface area contributed by atoms with Gasteiger partial charge in [-0.3, -0.25) is 0 Å². The van der Waals surface area contributed by atoms with Gasteiger partial charge in [0, 0.05) is 4.32 Å². The third kappa shape index (κ3) is 2.22. The van der Waals surface area contributed by atoms with Gasteiger partial charge in [0.15, 0.2) is 0 Å². The highest BCUT2D eigenvalue weighted by atomic mass is 79.9. The van der Waals surface area contributed by atoms with Gasteiger partial charge in [-0.1, -0.05) is 35.0 Å². The Morgan fingerprint density at radius 2 is 1.74 bits per heavy atom. The Balaban J connectivity index is 1.94. The fourth-order valence-corrected chi connectivity index (χ4v) is 4.55. The molecule has 0 spiro atoms. The Morgan fingerprint density at radius 3 is 2.26 bits per heavy atom. The minimum atomic E-state index is 0.450.